The van der Waals surface area contributed by atoms with Gasteiger partial charge in [-0.1, -0.05) is 43.2 Å². The molecule has 20 nitrogen and oxygen atoms in total. The molecule has 75 heavy (non-hydrogen) atoms. The number of pyridine rings is 2. The average Bonchev–Trinajstić information content (AvgIpc) is 3.42. The van der Waals surface area contributed by atoms with E-state index in [0.29, 0.717) is 51.6 Å². The Morgan fingerprint density at radius 3 is 1.53 bits per heavy atom. The maximum absolute atomic E-state index is 11.6. The molecule has 2 aliphatic heterocycles. The van der Waals surface area contributed by atoms with Gasteiger partial charge in [-0.3, -0.25) is 24.4 Å². The number of aliphatic carboxylic acids is 2. The number of nitrogens with one attached hydrogen (secondary N) is 2. The van der Waals surface area contributed by atoms with Crippen LogP contribution in [0.4, 0.5) is 5.69 Å². The summed E-state index contributed by atoms with van der Waals surface area (Å²) in [6.07, 6.45) is 13.6. The van der Waals surface area contributed by atoms with Gasteiger partial charge in [0.05, 0.1) is 67.0 Å². The molecule has 21 heteroatoms. The van der Waals surface area contributed by atoms with Crippen LogP contribution in [0.25, 0.3) is 21.8 Å². The number of ether oxygens (including phenoxy) is 2. The Labute approximate surface area is 442 Å². The molecule has 0 radical (unpaired) electrons. The van der Waals surface area contributed by atoms with Crippen molar-refractivity contribution in [1.29, 1.82) is 0 Å². The summed E-state index contributed by atoms with van der Waals surface area (Å²) in [4.78, 5) is 72.2. The number of rotatable bonds is 7. The summed E-state index contributed by atoms with van der Waals surface area (Å²) < 4.78 is 9.55. The number of benzene rings is 3. The molecular formula is C54H72ClN5O15. The topological polar surface area (TPSA) is 338 Å². The predicted molar refractivity (Wildman–Crippen MR) is 284 cm³/mol. The van der Waals surface area contributed by atoms with Crippen molar-refractivity contribution in [3.63, 3.8) is 0 Å². The molecule has 11 N–H and O–H groups in total. The number of carbonyl (C=O) groups is 6. The highest BCUT2D eigenvalue weighted by Gasteiger charge is 2.39. The van der Waals surface area contributed by atoms with Crippen molar-refractivity contribution in [2.45, 2.75) is 89.3 Å². The third-order valence-corrected chi connectivity index (χ3v) is 12.7. The fourth-order valence-electron chi connectivity index (χ4n) is 9.26. The minimum absolute atomic E-state index is 0. The first kappa shape index (κ1) is 64.3. The van der Waals surface area contributed by atoms with Crippen molar-refractivity contribution in [3.05, 3.63) is 114 Å². The lowest BCUT2D eigenvalue weighted by Crippen LogP contribution is -2.48. The molecule has 2 saturated carbocycles. The SMILES string of the molecule is CC(=O)O.COC(=O)C1CCCC2NCCCC21.COC(=O)c1cccc2ncccc12.Cl.Nc1cccc(C(=O)O)c1.O=C(O)C1CCCC2NCCCC21.O=C(O)c1cccc2ncccc12.OCC(O)CO. The van der Waals surface area contributed by atoms with Gasteiger partial charge >= 0.3 is 29.8 Å². The molecule has 0 spiro atoms. The van der Waals surface area contributed by atoms with E-state index in [2.05, 4.69) is 25.3 Å². The molecule has 9 rings (SSSR count). The smallest absolute Gasteiger partial charge is 0.338 e. The van der Waals surface area contributed by atoms with Crippen LogP contribution in [0.1, 0.15) is 102 Å². The van der Waals surface area contributed by atoms with Crippen LogP contribution < -0.4 is 16.4 Å². The van der Waals surface area contributed by atoms with E-state index in [4.69, 9.17) is 51.0 Å². The number of nitrogens with two attached hydrogens (primary N) is 1. The van der Waals surface area contributed by atoms with Crippen LogP contribution in [0.15, 0.2) is 97.3 Å². The van der Waals surface area contributed by atoms with Crippen LogP contribution in [-0.2, 0) is 23.9 Å². The number of anilines is 1. The summed E-state index contributed by atoms with van der Waals surface area (Å²) in [5.74, 6) is -2.60. The number of methoxy groups -OCH3 is 2. The van der Waals surface area contributed by atoms with Crippen molar-refractivity contribution < 1.29 is 74.0 Å². The summed E-state index contributed by atoms with van der Waals surface area (Å²) in [7, 11) is 2.87. The summed E-state index contributed by atoms with van der Waals surface area (Å²) in [6, 6.07) is 24.8. The van der Waals surface area contributed by atoms with Gasteiger partial charge in [-0.2, -0.15) is 0 Å². The zero-order valence-corrected chi connectivity index (χ0v) is 43.3. The Morgan fingerprint density at radius 1 is 0.627 bits per heavy atom. The van der Waals surface area contributed by atoms with Gasteiger partial charge in [0.1, 0.15) is 6.10 Å². The van der Waals surface area contributed by atoms with Gasteiger partial charge in [0.2, 0.25) is 0 Å². The molecule has 2 aromatic heterocycles. The number of aliphatic hydroxyl groups excluding tert-OH is 3. The van der Waals surface area contributed by atoms with Crippen LogP contribution >= 0.6 is 12.4 Å². The quantitative estimate of drug-likeness (QED) is 0.0628. The monoisotopic (exact) mass is 1070 g/mol. The second kappa shape index (κ2) is 34.6. The van der Waals surface area contributed by atoms with Crippen molar-refractivity contribution in [2.75, 3.05) is 46.3 Å². The highest BCUT2D eigenvalue weighted by atomic mass is 35.5. The molecule has 3 aromatic carbocycles. The lowest BCUT2D eigenvalue weighted by Gasteiger charge is -2.40. The van der Waals surface area contributed by atoms with Gasteiger partial charge in [-0.25, -0.2) is 14.4 Å². The van der Waals surface area contributed by atoms with E-state index >= 15 is 0 Å². The third kappa shape index (κ3) is 21.5. The number of nitrogen functional groups attached to an aromatic ring is 1. The molecule has 5 aromatic rings. The van der Waals surface area contributed by atoms with Crippen LogP contribution in [0.3, 0.4) is 0 Å². The van der Waals surface area contributed by atoms with Crippen LogP contribution in [0, 0.1) is 23.7 Å². The van der Waals surface area contributed by atoms with Crippen molar-refractivity contribution in [3.8, 4) is 0 Å². The van der Waals surface area contributed by atoms with Gasteiger partial charge in [0.25, 0.3) is 5.97 Å². The summed E-state index contributed by atoms with van der Waals surface area (Å²) >= 11 is 0. The lowest BCUT2D eigenvalue weighted by molar-refractivity contribution is -0.150. The van der Waals surface area contributed by atoms with Crippen molar-refractivity contribution in [2.24, 2.45) is 23.7 Å². The van der Waals surface area contributed by atoms with Crippen LogP contribution in [-0.4, -0.2) is 140 Å². The standard InChI is InChI=1S/C11H19NO2.C11H9NO2.C10H17NO2.C10H7NO2.C7H7NO2.C3H8O3.C2H4O2.ClH/c2*1-14-11(13)9-4-2-6-10-8(9)5-3-7-12-10;2*12-10(13)8-3-1-5-9-7(8)4-2-6-11-9;8-6-3-1-2-5(4-6)7(9)10;4-1-3(6)2-5;1-2(3)4;/h8-10,12H,2-7H2,1H3;2-7H,1H3;7-9,11H,1-6H2,(H,12,13);1-6H,(H,12,13);1-4H,8H2,(H,9,10);3-6H,1-2H2;1H3,(H,3,4);1H. The van der Waals surface area contributed by atoms with Crippen LogP contribution in [0.5, 0.6) is 0 Å². The van der Waals surface area contributed by atoms with E-state index in [1.54, 1.807) is 73.1 Å². The maximum atomic E-state index is 11.6. The van der Waals surface area contributed by atoms with Gasteiger partial charge in [0, 0.05) is 47.9 Å². The number of hydrogen-bond acceptors (Lipinski definition) is 16. The molecule has 2 saturated heterocycles. The second-order valence-corrected chi connectivity index (χ2v) is 17.7. The molecule has 4 fully saturated rings. The molecule has 0 bridgehead atoms. The number of aromatic carboxylic acids is 2. The number of esters is 2. The molecule has 0 amide bonds. The minimum atomic E-state index is -0.954. The van der Waals surface area contributed by atoms with E-state index in [0.717, 1.165) is 69.4 Å². The first-order valence-corrected chi connectivity index (χ1v) is 24.4. The number of aromatic nitrogens is 2. The van der Waals surface area contributed by atoms with Gasteiger partial charge in [-0.15, -0.1) is 12.4 Å². The number of fused-ring (bicyclic) bond motifs is 4. The number of hydrogen-bond donors (Lipinski definition) is 10. The molecule has 4 aliphatic rings. The number of halogens is 1. The molecule has 6 unspecified atom stereocenters. The molecule has 410 valence electrons. The first-order chi connectivity index (χ1) is 35.5. The Kier molecular flexibility index (Phi) is 29.7. The van der Waals surface area contributed by atoms with Crippen molar-refractivity contribution >= 4 is 75.7 Å². The lowest BCUT2D eigenvalue weighted by atomic mass is 9.72. The number of carboxylic acids is 4. The summed E-state index contributed by atoms with van der Waals surface area (Å²) in [5, 5.41) is 66.3. The molecule has 6 atom stereocenters. The minimum Gasteiger partial charge on any atom is -0.481 e. The third-order valence-electron chi connectivity index (χ3n) is 12.7. The first-order valence-electron chi connectivity index (χ1n) is 24.4. The van der Waals surface area contributed by atoms with Crippen molar-refractivity contribution in [1.82, 2.24) is 20.6 Å². The van der Waals surface area contributed by atoms with E-state index in [1.807, 2.05) is 12.1 Å². The highest BCUT2D eigenvalue weighted by molar-refractivity contribution is 6.03. The van der Waals surface area contributed by atoms with Gasteiger partial charge < -0.3 is 61.6 Å². The zero-order chi connectivity index (χ0) is 54.6. The molecular weight excluding hydrogens is 994 g/mol. The second-order valence-electron chi connectivity index (χ2n) is 17.7. The molecule has 4 heterocycles. The molecule has 2 aliphatic carbocycles. The van der Waals surface area contributed by atoms with E-state index in [1.165, 1.54) is 52.0 Å². The van der Waals surface area contributed by atoms with E-state index < -0.39 is 30.0 Å². The Balaban J connectivity index is 0.000000307. The Morgan fingerprint density at radius 2 is 1.11 bits per heavy atom. The summed E-state index contributed by atoms with van der Waals surface area (Å²) in [6.45, 7) is 2.55. The number of piperidine rings is 2. The van der Waals surface area contributed by atoms with Crippen LogP contribution in [0.2, 0.25) is 0 Å². The largest absolute Gasteiger partial charge is 0.481 e. The van der Waals surface area contributed by atoms with E-state index in [9.17, 15) is 24.0 Å². The predicted octanol–water partition coefficient (Wildman–Crippen LogP) is 6.33. The zero-order valence-electron chi connectivity index (χ0n) is 42.5. The number of carboxylic acid groups (broad SMARTS) is 4. The van der Waals surface area contributed by atoms with E-state index in [-0.39, 0.29) is 55.0 Å². The number of aliphatic hydroxyl groups is 3. The van der Waals surface area contributed by atoms with Gasteiger partial charge in [0.15, 0.2) is 0 Å². The van der Waals surface area contributed by atoms with Gasteiger partial charge in [-0.05, 0) is 131 Å². The Hall–Kier alpha value is -6.81. The summed E-state index contributed by atoms with van der Waals surface area (Å²) in [5.41, 5.74) is 8.39. The fraction of sp³-hybridized carbons (Fsp3) is 0.444. The Bertz CT molecular complexity index is 2550. The highest BCUT2D eigenvalue weighted by Crippen LogP contribution is 2.37. The normalized spacial score (nSPS) is 19.8. The maximum Gasteiger partial charge on any atom is 0.338 e. The number of carbonyl (C=O) groups excluding carboxylic acids is 2. The average molecular weight is 1070 g/mol. The number of nitrogens with zero attached hydrogens (tertiary/aromatic N) is 2. The fourth-order valence-corrected chi connectivity index (χ4v) is 9.26.